The highest BCUT2D eigenvalue weighted by Crippen LogP contribution is 2.24. The van der Waals surface area contributed by atoms with Crippen LogP contribution in [0.5, 0.6) is 0 Å². The van der Waals surface area contributed by atoms with Crippen LogP contribution in [0.1, 0.15) is 11.1 Å². The maximum atomic E-state index is 12.0. The van der Waals surface area contributed by atoms with Gasteiger partial charge in [0.15, 0.2) is 0 Å². The minimum absolute atomic E-state index is 0.131. The van der Waals surface area contributed by atoms with E-state index in [4.69, 9.17) is 34.8 Å². The summed E-state index contributed by atoms with van der Waals surface area (Å²) in [5.74, 6) is -0.131. The topological polar surface area (TPSA) is 29.1 Å². The molecule has 0 fully saturated rings. The first-order chi connectivity index (χ1) is 9.47. The monoisotopic (exact) mass is 327 g/mol. The molecule has 0 atom stereocenters. The summed E-state index contributed by atoms with van der Waals surface area (Å²) in [5, 5.41) is 4.37. The third kappa shape index (κ3) is 3.66. The fraction of sp³-hybridized carbons (Fsp3) is 0.133. The average Bonchev–Trinajstić information content (AvgIpc) is 2.39. The lowest BCUT2D eigenvalue weighted by Gasteiger charge is -2.09. The smallest absolute Gasteiger partial charge is 0.228 e. The molecule has 0 saturated heterocycles. The van der Waals surface area contributed by atoms with Crippen molar-refractivity contribution in [3.63, 3.8) is 0 Å². The number of benzene rings is 2. The molecular weight excluding hydrogens is 317 g/mol. The van der Waals surface area contributed by atoms with Gasteiger partial charge in [0.05, 0.1) is 16.5 Å². The first-order valence-corrected chi connectivity index (χ1v) is 7.09. The van der Waals surface area contributed by atoms with Gasteiger partial charge in [-0.2, -0.15) is 0 Å². The molecule has 2 aromatic rings. The molecule has 2 rings (SSSR count). The van der Waals surface area contributed by atoms with Crippen molar-refractivity contribution in [1.29, 1.82) is 0 Å². The highest BCUT2D eigenvalue weighted by Gasteiger charge is 2.08. The van der Waals surface area contributed by atoms with Crippen LogP contribution in [0.4, 0.5) is 5.69 Å². The van der Waals surface area contributed by atoms with Crippen molar-refractivity contribution in [2.75, 3.05) is 5.32 Å². The second-order valence-electron chi connectivity index (χ2n) is 4.39. The van der Waals surface area contributed by atoms with E-state index in [0.717, 1.165) is 11.1 Å². The first-order valence-electron chi connectivity index (χ1n) is 5.96. The van der Waals surface area contributed by atoms with Gasteiger partial charge < -0.3 is 5.32 Å². The molecule has 0 bridgehead atoms. The lowest BCUT2D eigenvalue weighted by atomic mass is 10.1. The molecule has 0 unspecified atom stereocenters. The van der Waals surface area contributed by atoms with Crippen LogP contribution in [0.25, 0.3) is 0 Å². The number of nitrogens with one attached hydrogen (secondary N) is 1. The molecule has 2 nitrogen and oxygen atoms in total. The number of carbonyl (C=O) groups excluding carboxylic acids is 1. The second-order valence-corrected chi connectivity index (χ2v) is 5.61. The van der Waals surface area contributed by atoms with Crippen molar-refractivity contribution in [3.05, 3.63) is 62.6 Å². The van der Waals surface area contributed by atoms with E-state index >= 15 is 0 Å². The van der Waals surface area contributed by atoms with Crippen molar-refractivity contribution in [1.82, 2.24) is 0 Å². The van der Waals surface area contributed by atoms with Gasteiger partial charge in [-0.1, -0.05) is 46.9 Å². The number of hydrogen-bond acceptors (Lipinski definition) is 1. The molecule has 0 aliphatic carbocycles. The van der Waals surface area contributed by atoms with Gasteiger partial charge >= 0.3 is 0 Å². The Morgan fingerprint density at radius 1 is 1.05 bits per heavy atom. The molecule has 0 heterocycles. The number of halogens is 3. The molecule has 0 saturated carbocycles. The summed E-state index contributed by atoms with van der Waals surface area (Å²) in [4.78, 5) is 12.0. The third-order valence-electron chi connectivity index (χ3n) is 2.89. The molecule has 5 heteroatoms. The Morgan fingerprint density at radius 3 is 2.50 bits per heavy atom. The van der Waals surface area contributed by atoms with Crippen molar-refractivity contribution in [2.45, 2.75) is 13.3 Å². The molecule has 0 spiro atoms. The number of carbonyl (C=O) groups is 1. The lowest BCUT2D eigenvalue weighted by molar-refractivity contribution is -0.115. The number of amides is 1. The van der Waals surface area contributed by atoms with Gasteiger partial charge in [0.25, 0.3) is 0 Å². The van der Waals surface area contributed by atoms with Crippen LogP contribution in [0.3, 0.4) is 0 Å². The van der Waals surface area contributed by atoms with Gasteiger partial charge in [0.1, 0.15) is 0 Å². The van der Waals surface area contributed by atoms with E-state index in [0.29, 0.717) is 20.8 Å². The molecular formula is C15H12Cl3NO. The van der Waals surface area contributed by atoms with Crippen molar-refractivity contribution in [2.24, 2.45) is 0 Å². The van der Waals surface area contributed by atoms with Gasteiger partial charge in [-0.15, -0.1) is 0 Å². The summed E-state index contributed by atoms with van der Waals surface area (Å²) in [6.45, 7) is 1.86. The van der Waals surface area contributed by atoms with E-state index in [2.05, 4.69) is 5.32 Å². The molecule has 0 aromatic heterocycles. The number of rotatable bonds is 3. The first kappa shape index (κ1) is 15.2. The highest BCUT2D eigenvalue weighted by molar-refractivity contribution is 6.42. The maximum Gasteiger partial charge on any atom is 0.228 e. The predicted molar refractivity (Wildman–Crippen MR) is 85.0 cm³/mol. The predicted octanol–water partition coefficient (Wildman–Crippen LogP) is 5.14. The molecule has 0 aliphatic heterocycles. The third-order valence-corrected chi connectivity index (χ3v) is 4.04. The minimum atomic E-state index is -0.131. The summed E-state index contributed by atoms with van der Waals surface area (Å²) in [6, 6.07) is 10.5. The molecule has 0 radical (unpaired) electrons. The summed E-state index contributed by atoms with van der Waals surface area (Å²) in [7, 11) is 0. The number of anilines is 1. The fourth-order valence-electron chi connectivity index (χ4n) is 1.77. The fourth-order valence-corrected chi connectivity index (χ4v) is 2.27. The van der Waals surface area contributed by atoms with Crippen LogP contribution in [0, 0.1) is 6.92 Å². The van der Waals surface area contributed by atoms with Crippen LogP contribution in [-0.4, -0.2) is 5.91 Å². The highest BCUT2D eigenvalue weighted by atomic mass is 35.5. The molecule has 1 N–H and O–H groups in total. The Morgan fingerprint density at radius 2 is 1.80 bits per heavy atom. The van der Waals surface area contributed by atoms with Crippen LogP contribution in [0.15, 0.2) is 36.4 Å². The molecule has 2 aromatic carbocycles. The van der Waals surface area contributed by atoms with E-state index in [1.54, 1.807) is 30.3 Å². The Labute approximate surface area is 132 Å². The Balaban J connectivity index is 2.09. The van der Waals surface area contributed by atoms with E-state index in [-0.39, 0.29) is 12.3 Å². The molecule has 20 heavy (non-hydrogen) atoms. The van der Waals surface area contributed by atoms with Gasteiger partial charge in [-0.05, 0) is 42.3 Å². The van der Waals surface area contributed by atoms with E-state index in [9.17, 15) is 4.79 Å². The van der Waals surface area contributed by atoms with Crippen LogP contribution < -0.4 is 5.32 Å². The maximum absolute atomic E-state index is 12.0. The zero-order valence-corrected chi connectivity index (χ0v) is 13.0. The second kappa shape index (κ2) is 6.49. The minimum Gasteiger partial charge on any atom is -0.326 e. The molecule has 0 aliphatic rings. The molecule has 104 valence electrons. The van der Waals surface area contributed by atoms with E-state index in [1.807, 2.05) is 13.0 Å². The lowest BCUT2D eigenvalue weighted by Crippen LogP contribution is -2.15. The summed E-state index contributed by atoms with van der Waals surface area (Å²) < 4.78 is 0. The van der Waals surface area contributed by atoms with Gasteiger partial charge in [0.2, 0.25) is 5.91 Å². The Kier molecular flexibility index (Phi) is 4.92. The van der Waals surface area contributed by atoms with Crippen molar-refractivity contribution in [3.8, 4) is 0 Å². The van der Waals surface area contributed by atoms with Crippen LogP contribution in [-0.2, 0) is 11.2 Å². The standard InChI is InChI=1S/C15H12Cl3NO/c1-9-11(16)3-2-4-14(9)19-15(20)8-10-5-6-12(17)13(18)7-10/h2-7H,8H2,1H3,(H,19,20). The van der Waals surface area contributed by atoms with Crippen molar-refractivity contribution < 1.29 is 4.79 Å². The zero-order chi connectivity index (χ0) is 14.7. The van der Waals surface area contributed by atoms with E-state index < -0.39 is 0 Å². The van der Waals surface area contributed by atoms with Gasteiger partial charge in [-0.25, -0.2) is 0 Å². The quantitative estimate of drug-likeness (QED) is 0.830. The largest absolute Gasteiger partial charge is 0.326 e. The summed E-state index contributed by atoms with van der Waals surface area (Å²) >= 11 is 17.8. The Hall–Kier alpha value is -1.22. The van der Waals surface area contributed by atoms with Crippen LogP contribution >= 0.6 is 34.8 Å². The zero-order valence-electron chi connectivity index (χ0n) is 10.7. The average molecular weight is 329 g/mol. The van der Waals surface area contributed by atoms with Crippen LogP contribution in [0.2, 0.25) is 15.1 Å². The summed E-state index contributed by atoms with van der Waals surface area (Å²) in [5.41, 5.74) is 2.36. The van der Waals surface area contributed by atoms with Gasteiger partial charge in [-0.3, -0.25) is 4.79 Å². The van der Waals surface area contributed by atoms with E-state index in [1.165, 1.54) is 0 Å². The molecule has 1 amide bonds. The van der Waals surface area contributed by atoms with Crippen molar-refractivity contribution >= 4 is 46.4 Å². The normalized spacial score (nSPS) is 10.4. The number of hydrogen-bond donors (Lipinski definition) is 1. The Bertz CT molecular complexity index is 656. The van der Waals surface area contributed by atoms with Gasteiger partial charge in [0, 0.05) is 10.7 Å². The SMILES string of the molecule is Cc1c(Cl)cccc1NC(=O)Cc1ccc(Cl)c(Cl)c1. The summed E-state index contributed by atoms with van der Waals surface area (Å²) in [6.07, 6.45) is 0.225.